The SMILES string of the molecule is COC(=O)C1=NN[C@H]2C(=O)N(c3cc(Cl)ccc3OC)C(=O)[C@@H]12. The zero-order valence-electron chi connectivity index (χ0n) is 12.2. The lowest BCUT2D eigenvalue weighted by atomic mass is 9.99. The van der Waals surface area contributed by atoms with Crippen LogP contribution in [-0.2, 0) is 19.1 Å². The summed E-state index contributed by atoms with van der Waals surface area (Å²) in [6.45, 7) is 0. The van der Waals surface area contributed by atoms with E-state index in [1.165, 1.54) is 20.3 Å². The first kappa shape index (κ1) is 15.3. The molecule has 1 aromatic carbocycles. The number of carbonyl (C=O) groups is 3. The number of hydrogen-bond donors (Lipinski definition) is 1. The van der Waals surface area contributed by atoms with Gasteiger partial charge in [-0.05, 0) is 18.2 Å². The highest BCUT2D eigenvalue weighted by Crippen LogP contribution is 2.37. The summed E-state index contributed by atoms with van der Waals surface area (Å²) in [5, 5.41) is 4.09. The molecule has 23 heavy (non-hydrogen) atoms. The number of carbonyl (C=O) groups excluding carboxylic acids is 3. The smallest absolute Gasteiger partial charge is 0.355 e. The Morgan fingerprint density at radius 2 is 2.04 bits per heavy atom. The Morgan fingerprint density at radius 3 is 2.70 bits per heavy atom. The predicted octanol–water partition coefficient (Wildman–Crippen LogP) is 0.339. The summed E-state index contributed by atoms with van der Waals surface area (Å²) < 4.78 is 9.77. The van der Waals surface area contributed by atoms with Crippen LogP contribution in [-0.4, -0.2) is 43.8 Å². The van der Waals surface area contributed by atoms with E-state index >= 15 is 0 Å². The fourth-order valence-corrected chi connectivity index (χ4v) is 2.80. The van der Waals surface area contributed by atoms with Crippen molar-refractivity contribution in [3.8, 4) is 5.75 Å². The second kappa shape index (κ2) is 5.54. The van der Waals surface area contributed by atoms with Crippen LogP contribution in [0.5, 0.6) is 5.75 Å². The number of hydrogen-bond acceptors (Lipinski definition) is 7. The van der Waals surface area contributed by atoms with Crippen molar-refractivity contribution < 1.29 is 23.9 Å². The molecule has 2 amide bonds. The molecule has 2 atom stereocenters. The van der Waals surface area contributed by atoms with E-state index in [2.05, 4.69) is 15.3 Å². The summed E-state index contributed by atoms with van der Waals surface area (Å²) >= 11 is 5.95. The van der Waals surface area contributed by atoms with E-state index in [0.29, 0.717) is 10.8 Å². The second-order valence-corrected chi connectivity index (χ2v) is 5.34. The van der Waals surface area contributed by atoms with Gasteiger partial charge >= 0.3 is 5.97 Å². The van der Waals surface area contributed by atoms with Gasteiger partial charge in [-0.15, -0.1) is 0 Å². The summed E-state index contributed by atoms with van der Waals surface area (Å²) in [6.07, 6.45) is 0. The number of benzene rings is 1. The van der Waals surface area contributed by atoms with E-state index in [0.717, 1.165) is 4.90 Å². The monoisotopic (exact) mass is 337 g/mol. The van der Waals surface area contributed by atoms with Crippen LogP contribution in [0, 0.1) is 5.92 Å². The molecule has 0 aliphatic carbocycles. The molecule has 120 valence electrons. The van der Waals surface area contributed by atoms with Crippen LogP contribution in [0.4, 0.5) is 5.69 Å². The molecule has 0 spiro atoms. The summed E-state index contributed by atoms with van der Waals surface area (Å²) in [4.78, 5) is 37.9. The number of fused-ring (bicyclic) bond motifs is 1. The van der Waals surface area contributed by atoms with Gasteiger partial charge in [-0.1, -0.05) is 11.6 Å². The fourth-order valence-electron chi connectivity index (χ4n) is 2.64. The van der Waals surface area contributed by atoms with E-state index in [4.69, 9.17) is 16.3 Å². The van der Waals surface area contributed by atoms with Gasteiger partial charge in [-0.3, -0.25) is 15.0 Å². The number of nitrogens with zero attached hydrogens (tertiary/aromatic N) is 2. The van der Waals surface area contributed by atoms with Crippen molar-refractivity contribution >= 4 is 40.8 Å². The van der Waals surface area contributed by atoms with Crippen molar-refractivity contribution in [2.24, 2.45) is 11.0 Å². The Kier molecular flexibility index (Phi) is 3.69. The van der Waals surface area contributed by atoms with Crippen LogP contribution in [0.2, 0.25) is 5.02 Å². The molecule has 0 aromatic heterocycles. The largest absolute Gasteiger partial charge is 0.495 e. The number of nitrogens with one attached hydrogen (secondary N) is 1. The number of hydrazone groups is 1. The molecule has 0 bridgehead atoms. The van der Waals surface area contributed by atoms with Crippen LogP contribution in [0.3, 0.4) is 0 Å². The Hall–Kier alpha value is -2.61. The molecule has 1 saturated heterocycles. The number of imide groups is 1. The highest BCUT2D eigenvalue weighted by molar-refractivity contribution is 6.46. The third-order valence-corrected chi connectivity index (χ3v) is 3.94. The van der Waals surface area contributed by atoms with Gasteiger partial charge in [0.05, 0.1) is 19.9 Å². The van der Waals surface area contributed by atoms with Crippen LogP contribution in [0.15, 0.2) is 23.3 Å². The van der Waals surface area contributed by atoms with Crippen molar-refractivity contribution in [3.05, 3.63) is 23.2 Å². The Morgan fingerprint density at radius 1 is 1.30 bits per heavy atom. The van der Waals surface area contributed by atoms with Crippen LogP contribution < -0.4 is 15.1 Å². The lowest BCUT2D eigenvalue weighted by Gasteiger charge is -2.18. The minimum atomic E-state index is -1.03. The summed E-state index contributed by atoms with van der Waals surface area (Å²) in [7, 11) is 2.59. The Balaban J connectivity index is 2.03. The Labute approximate surface area is 136 Å². The highest BCUT2D eigenvalue weighted by Gasteiger charge is 2.56. The topological polar surface area (TPSA) is 97.3 Å². The van der Waals surface area contributed by atoms with Gasteiger partial charge in [0, 0.05) is 5.02 Å². The van der Waals surface area contributed by atoms with E-state index in [1.54, 1.807) is 12.1 Å². The summed E-state index contributed by atoms with van der Waals surface area (Å²) in [5.74, 6) is -2.60. The first-order chi connectivity index (χ1) is 11.0. The molecule has 9 heteroatoms. The van der Waals surface area contributed by atoms with Gasteiger partial charge in [-0.2, -0.15) is 5.10 Å². The maximum absolute atomic E-state index is 12.7. The molecule has 2 heterocycles. The molecule has 0 unspecified atom stereocenters. The highest BCUT2D eigenvalue weighted by atomic mass is 35.5. The van der Waals surface area contributed by atoms with Crippen LogP contribution in [0.25, 0.3) is 0 Å². The molecule has 0 saturated carbocycles. The standard InChI is InChI=1S/C14H12ClN3O5/c1-22-8-4-3-6(15)5-7(8)18-12(19)9-10(13(18)20)16-17-11(9)14(21)23-2/h3-5,9-10,16H,1-2H3/t9-,10-/m1/s1. The minimum absolute atomic E-state index is 0.126. The molecule has 2 aliphatic heterocycles. The zero-order valence-corrected chi connectivity index (χ0v) is 13.0. The average Bonchev–Trinajstić information content (AvgIpc) is 3.08. The lowest BCUT2D eigenvalue weighted by Crippen LogP contribution is -2.36. The predicted molar refractivity (Wildman–Crippen MR) is 80.4 cm³/mol. The van der Waals surface area contributed by atoms with Crippen molar-refractivity contribution in [2.45, 2.75) is 6.04 Å². The van der Waals surface area contributed by atoms with E-state index in [1.807, 2.05) is 0 Å². The van der Waals surface area contributed by atoms with Gasteiger partial charge in [-0.25, -0.2) is 9.69 Å². The molecule has 1 fully saturated rings. The quantitative estimate of drug-likeness (QED) is 0.631. The van der Waals surface area contributed by atoms with Crippen molar-refractivity contribution in [3.63, 3.8) is 0 Å². The molecule has 1 N–H and O–H groups in total. The number of esters is 1. The fraction of sp³-hybridized carbons (Fsp3) is 0.286. The zero-order chi connectivity index (χ0) is 16.7. The van der Waals surface area contributed by atoms with Crippen molar-refractivity contribution in [1.82, 2.24) is 5.43 Å². The third kappa shape index (κ3) is 2.22. The maximum atomic E-state index is 12.7. The van der Waals surface area contributed by atoms with Crippen LogP contribution in [0.1, 0.15) is 0 Å². The number of rotatable bonds is 3. The van der Waals surface area contributed by atoms with E-state index in [9.17, 15) is 14.4 Å². The molecule has 0 radical (unpaired) electrons. The van der Waals surface area contributed by atoms with E-state index in [-0.39, 0.29) is 11.4 Å². The third-order valence-electron chi connectivity index (χ3n) is 3.70. The van der Waals surface area contributed by atoms with Crippen LogP contribution >= 0.6 is 11.6 Å². The number of ether oxygens (including phenoxy) is 2. The first-order valence-corrected chi connectivity index (χ1v) is 7.00. The Bertz CT molecular complexity index is 748. The molecule has 3 rings (SSSR count). The minimum Gasteiger partial charge on any atom is -0.495 e. The number of amides is 2. The van der Waals surface area contributed by atoms with Crippen molar-refractivity contribution in [2.75, 3.05) is 19.1 Å². The molecule has 2 aliphatic rings. The van der Waals surface area contributed by atoms with Gasteiger partial charge < -0.3 is 9.47 Å². The van der Waals surface area contributed by atoms with E-state index < -0.39 is 29.7 Å². The maximum Gasteiger partial charge on any atom is 0.355 e. The van der Waals surface area contributed by atoms with Gasteiger partial charge in [0.2, 0.25) is 5.91 Å². The second-order valence-electron chi connectivity index (χ2n) is 4.90. The van der Waals surface area contributed by atoms with Crippen molar-refractivity contribution in [1.29, 1.82) is 0 Å². The lowest BCUT2D eigenvalue weighted by molar-refractivity contribution is -0.133. The number of halogens is 1. The van der Waals surface area contributed by atoms with Gasteiger partial charge in [0.1, 0.15) is 17.7 Å². The van der Waals surface area contributed by atoms with Gasteiger partial charge in [0.15, 0.2) is 5.71 Å². The summed E-state index contributed by atoms with van der Waals surface area (Å²) in [5.41, 5.74) is 2.61. The number of methoxy groups -OCH3 is 2. The molecule has 8 nitrogen and oxygen atoms in total. The normalized spacial score (nSPS) is 22.6. The molecular weight excluding hydrogens is 326 g/mol. The average molecular weight is 338 g/mol. The molecular formula is C14H12ClN3O5. The summed E-state index contributed by atoms with van der Waals surface area (Å²) in [6, 6.07) is 3.64. The molecule has 1 aromatic rings. The first-order valence-electron chi connectivity index (χ1n) is 6.62. The number of anilines is 1. The van der Waals surface area contributed by atoms with Gasteiger partial charge in [0.25, 0.3) is 5.91 Å².